The van der Waals surface area contributed by atoms with E-state index in [-0.39, 0.29) is 5.56 Å². The van der Waals surface area contributed by atoms with Gasteiger partial charge >= 0.3 is 5.97 Å². The molecule has 0 aromatic heterocycles. The number of methoxy groups -OCH3 is 1. The van der Waals surface area contributed by atoms with E-state index in [1.54, 1.807) is 6.07 Å². The number of rotatable bonds is 6. The molecule has 18 heavy (non-hydrogen) atoms. The molecular formula is C14H20FNO2. The number of ether oxygens (including phenoxy) is 1. The molecule has 0 amide bonds. The van der Waals surface area contributed by atoms with Crippen molar-refractivity contribution in [2.75, 3.05) is 12.4 Å². The van der Waals surface area contributed by atoms with E-state index in [1.165, 1.54) is 19.2 Å². The molecule has 0 saturated heterocycles. The highest BCUT2D eigenvalue weighted by molar-refractivity contribution is 5.90. The Bertz CT molecular complexity index is 407. The number of hydrogen-bond donors (Lipinski definition) is 1. The van der Waals surface area contributed by atoms with E-state index in [2.05, 4.69) is 23.9 Å². The van der Waals surface area contributed by atoms with Crippen LogP contribution in [0.1, 0.15) is 43.5 Å². The molecule has 1 rings (SSSR count). The van der Waals surface area contributed by atoms with Crippen LogP contribution in [0.5, 0.6) is 0 Å². The van der Waals surface area contributed by atoms with Gasteiger partial charge in [-0.2, -0.15) is 0 Å². The maximum atomic E-state index is 13.4. The highest BCUT2D eigenvalue weighted by atomic mass is 19.1. The number of carbonyl (C=O) groups is 1. The molecule has 1 N–H and O–H groups in total. The lowest BCUT2D eigenvalue weighted by molar-refractivity contribution is 0.0595. The first kappa shape index (κ1) is 14.5. The first-order valence-corrected chi connectivity index (χ1v) is 6.26. The average Bonchev–Trinajstić information content (AvgIpc) is 2.39. The van der Waals surface area contributed by atoms with Gasteiger partial charge in [-0.1, -0.05) is 20.3 Å². The fourth-order valence-electron chi connectivity index (χ4n) is 1.84. The highest BCUT2D eigenvalue weighted by Gasteiger charge is 2.13. The van der Waals surface area contributed by atoms with Gasteiger partial charge in [0.25, 0.3) is 0 Å². The van der Waals surface area contributed by atoms with Gasteiger partial charge in [0.05, 0.1) is 12.7 Å². The Morgan fingerprint density at radius 3 is 2.72 bits per heavy atom. The summed E-state index contributed by atoms with van der Waals surface area (Å²) in [4.78, 5) is 11.4. The number of hydrogen-bond acceptors (Lipinski definition) is 3. The summed E-state index contributed by atoms with van der Waals surface area (Å²) < 4.78 is 18.0. The Morgan fingerprint density at radius 1 is 1.44 bits per heavy atom. The first-order chi connectivity index (χ1) is 8.62. The standard InChI is InChI=1S/C14H20FNO2/c1-4-6-10(5-2)16-11-7-8-13(15)12(9-11)14(17)18-3/h7-10,16H,4-6H2,1-3H3. The van der Waals surface area contributed by atoms with Crippen LogP contribution in [-0.2, 0) is 4.74 Å². The predicted molar refractivity (Wildman–Crippen MR) is 70.3 cm³/mol. The zero-order valence-corrected chi connectivity index (χ0v) is 11.1. The van der Waals surface area contributed by atoms with Gasteiger partial charge in [0.15, 0.2) is 0 Å². The molecule has 0 aliphatic heterocycles. The van der Waals surface area contributed by atoms with Crippen LogP contribution in [0.2, 0.25) is 0 Å². The fraction of sp³-hybridized carbons (Fsp3) is 0.500. The van der Waals surface area contributed by atoms with Crippen LogP contribution < -0.4 is 5.32 Å². The molecule has 4 heteroatoms. The van der Waals surface area contributed by atoms with Gasteiger partial charge in [0.1, 0.15) is 5.82 Å². The van der Waals surface area contributed by atoms with Gasteiger partial charge in [-0.15, -0.1) is 0 Å². The molecule has 0 fully saturated rings. The lowest BCUT2D eigenvalue weighted by Crippen LogP contribution is -2.18. The molecule has 0 radical (unpaired) electrons. The number of anilines is 1. The van der Waals surface area contributed by atoms with Gasteiger partial charge in [0, 0.05) is 11.7 Å². The molecule has 1 aromatic carbocycles. The highest BCUT2D eigenvalue weighted by Crippen LogP contribution is 2.18. The lowest BCUT2D eigenvalue weighted by Gasteiger charge is -2.18. The zero-order valence-electron chi connectivity index (χ0n) is 11.1. The maximum absolute atomic E-state index is 13.4. The van der Waals surface area contributed by atoms with Gasteiger partial charge < -0.3 is 10.1 Å². The molecule has 0 spiro atoms. The molecule has 1 atom stereocenters. The van der Waals surface area contributed by atoms with Crippen molar-refractivity contribution in [2.45, 2.75) is 39.2 Å². The molecule has 0 aliphatic carbocycles. The summed E-state index contributed by atoms with van der Waals surface area (Å²) in [5.41, 5.74) is 0.714. The van der Waals surface area contributed by atoms with Crippen molar-refractivity contribution in [3.63, 3.8) is 0 Å². The summed E-state index contributed by atoms with van der Waals surface area (Å²) in [6.07, 6.45) is 3.11. The quantitative estimate of drug-likeness (QED) is 0.787. The van der Waals surface area contributed by atoms with E-state index in [0.29, 0.717) is 6.04 Å². The van der Waals surface area contributed by atoms with Crippen molar-refractivity contribution < 1.29 is 13.9 Å². The minimum Gasteiger partial charge on any atom is -0.465 e. The summed E-state index contributed by atoms with van der Waals surface area (Å²) in [5, 5.41) is 3.30. The Hall–Kier alpha value is -1.58. The largest absolute Gasteiger partial charge is 0.465 e. The van der Waals surface area contributed by atoms with Gasteiger partial charge in [0.2, 0.25) is 0 Å². The topological polar surface area (TPSA) is 38.3 Å². The molecule has 100 valence electrons. The Kier molecular flexibility index (Phi) is 5.62. The van der Waals surface area contributed by atoms with Crippen LogP contribution in [0.4, 0.5) is 10.1 Å². The van der Waals surface area contributed by atoms with Crippen LogP contribution >= 0.6 is 0 Å². The van der Waals surface area contributed by atoms with E-state index < -0.39 is 11.8 Å². The summed E-state index contributed by atoms with van der Waals surface area (Å²) in [7, 11) is 1.24. The molecule has 3 nitrogen and oxygen atoms in total. The van der Waals surface area contributed by atoms with E-state index in [9.17, 15) is 9.18 Å². The van der Waals surface area contributed by atoms with E-state index >= 15 is 0 Å². The third-order valence-corrected chi connectivity index (χ3v) is 2.87. The normalized spacial score (nSPS) is 12.0. The van der Waals surface area contributed by atoms with E-state index in [0.717, 1.165) is 24.9 Å². The predicted octanol–water partition coefficient (Wildman–Crippen LogP) is 3.60. The maximum Gasteiger partial charge on any atom is 0.340 e. The fourth-order valence-corrected chi connectivity index (χ4v) is 1.84. The minimum absolute atomic E-state index is 0.0335. The van der Waals surface area contributed by atoms with Crippen molar-refractivity contribution in [3.05, 3.63) is 29.6 Å². The zero-order chi connectivity index (χ0) is 13.5. The third-order valence-electron chi connectivity index (χ3n) is 2.87. The van der Waals surface area contributed by atoms with Crippen LogP contribution in [0, 0.1) is 5.82 Å². The minimum atomic E-state index is -0.653. The number of carbonyl (C=O) groups excluding carboxylic acids is 1. The summed E-state index contributed by atoms with van der Waals surface area (Å²) in [5.74, 6) is -1.21. The number of nitrogens with one attached hydrogen (secondary N) is 1. The SMILES string of the molecule is CCCC(CC)Nc1ccc(F)c(C(=O)OC)c1. The molecular weight excluding hydrogens is 233 g/mol. The number of esters is 1. The summed E-state index contributed by atoms with van der Waals surface area (Å²) >= 11 is 0. The molecule has 0 heterocycles. The number of halogens is 1. The van der Waals surface area contributed by atoms with Crippen molar-refractivity contribution in [1.82, 2.24) is 0 Å². The average molecular weight is 253 g/mol. The molecule has 1 aromatic rings. The molecule has 1 unspecified atom stereocenters. The van der Waals surface area contributed by atoms with Crippen molar-refractivity contribution >= 4 is 11.7 Å². The van der Waals surface area contributed by atoms with Gasteiger partial charge in [-0.25, -0.2) is 9.18 Å². The van der Waals surface area contributed by atoms with Crippen LogP contribution in [-0.4, -0.2) is 19.1 Å². The van der Waals surface area contributed by atoms with Crippen LogP contribution in [0.15, 0.2) is 18.2 Å². The summed E-state index contributed by atoms with van der Waals surface area (Å²) in [6.45, 7) is 4.22. The molecule has 0 bridgehead atoms. The lowest BCUT2D eigenvalue weighted by atomic mass is 10.1. The van der Waals surface area contributed by atoms with E-state index in [1.807, 2.05) is 0 Å². The Morgan fingerprint density at radius 2 is 2.17 bits per heavy atom. The van der Waals surface area contributed by atoms with Crippen molar-refractivity contribution in [2.24, 2.45) is 0 Å². The molecule has 0 aliphatic rings. The Labute approximate surface area is 107 Å². The summed E-state index contributed by atoms with van der Waals surface area (Å²) in [6, 6.07) is 4.76. The second-order valence-corrected chi connectivity index (χ2v) is 4.22. The van der Waals surface area contributed by atoms with Crippen molar-refractivity contribution in [1.29, 1.82) is 0 Å². The second kappa shape index (κ2) is 6.99. The second-order valence-electron chi connectivity index (χ2n) is 4.22. The number of benzene rings is 1. The van der Waals surface area contributed by atoms with E-state index in [4.69, 9.17) is 0 Å². The van der Waals surface area contributed by atoms with Crippen LogP contribution in [0.25, 0.3) is 0 Å². The van der Waals surface area contributed by atoms with Gasteiger partial charge in [-0.3, -0.25) is 0 Å². The van der Waals surface area contributed by atoms with Crippen LogP contribution in [0.3, 0.4) is 0 Å². The third kappa shape index (κ3) is 3.72. The first-order valence-electron chi connectivity index (χ1n) is 6.26. The van der Waals surface area contributed by atoms with Gasteiger partial charge in [-0.05, 0) is 31.0 Å². The van der Waals surface area contributed by atoms with Crippen molar-refractivity contribution in [3.8, 4) is 0 Å². The molecule has 0 saturated carbocycles. The smallest absolute Gasteiger partial charge is 0.340 e. The monoisotopic (exact) mass is 253 g/mol. The Balaban J connectivity index is 2.87.